The minimum Gasteiger partial charge on any atom is -1.00 e. The number of nitrogens with zero attached hydrogens (tertiary/aromatic N) is 1. The zero-order valence-electron chi connectivity index (χ0n) is 26.0. The lowest BCUT2D eigenvalue weighted by molar-refractivity contribution is -0.930. The van der Waals surface area contributed by atoms with E-state index in [4.69, 9.17) is 0 Å². The first-order chi connectivity index (χ1) is 18.2. The van der Waals surface area contributed by atoms with Gasteiger partial charge in [0.25, 0.3) is 0 Å². The lowest BCUT2D eigenvalue weighted by Gasteiger charge is -2.41. The smallest absolute Gasteiger partial charge is 0.460 e. The maximum atomic E-state index is 14.6. The van der Waals surface area contributed by atoms with Crippen molar-refractivity contribution in [3.8, 4) is 0 Å². The van der Waals surface area contributed by atoms with Gasteiger partial charge in [-0.25, -0.2) is 0 Å². The Labute approximate surface area is 260 Å². The van der Waals surface area contributed by atoms with Gasteiger partial charge in [0.2, 0.25) is 0 Å². The van der Waals surface area contributed by atoms with Crippen LogP contribution in [0.3, 0.4) is 0 Å². The molecule has 0 aromatic rings. The van der Waals surface area contributed by atoms with Crippen LogP contribution in [-0.2, 0) is 0 Å². The van der Waals surface area contributed by atoms with Crippen LogP contribution in [0.5, 0.6) is 0 Å². The molecule has 11 heteroatoms. The van der Waals surface area contributed by atoms with Gasteiger partial charge in [0.05, 0.1) is 32.6 Å². The fraction of sp³-hybridized carbons (Fsp3) is 1.00. The molecular formula is C30H55F9IN. The van der Waals surface area contributed by atoms with Crippen molar-refractivity contribution < 1.29 is 68.0 Å². The maximum absolute atomic E-state index is 14.6. The Morgan fingerprint density at radius 3 is 1.02 bits per heavy atom. The SMILES string of the molecule is CC(C)CCCCC[N+](CCCCCC(C)C)(CCCCCC(C)C)CCC(F)(F)C(F)(F)C(F)(F)C(F)(F)F.[I-]. The van der Waals surface area contributed by atoms with E-state index in [0.29, 0.717) is 56.7 Å². The van der Waals surface area contributed by atoms with E-state index < -0.39 is 36.9 Å². The molecule has 0 bridgehead atoms. The fourth-order valence-electron chi connectivity index (χ4n) is 5.14. The standard InChI is InChI=1S/C30H55F9N.HI/c1-24(2)16-10-7-13-20-40(21-14-8-11-17-25(3)4,22-15-9-12-18-26(5)6)23-19-27(31,32)28(33,34)29(35,36)30(37,38)39;/h24-26H,7-23H2,1-6H3;1H/q+1;/p-1. The van der Waals surface area contributed by atoms with Crippen molar-refractivity contribution in [2.24, 2.45) is 17.8 Å². The number of hydrogen-bond acceptors (Lipinski definition) is 0. The van der Waals surface area contributed by atoms with Gasteiger partial charge in [-0.3, -0.25) is 0 Å². The Morgan fingerprint density at radius 2 is 0.756 bits per heavy atom. The molecule has 1 nitrogen and oxygen atoms in total. The second-order valence-corrected chi connectivity index (χ2v) is 13.1. The Kier molecular flexibility index (Phi) is 20.5. The van der Waals surface area contributed by atoms with E-state index >= 15 is 0 Å². The monoisotopic (exact) mass is 727 g/mol. The van der Waals surface area contributed by atoms with Crippen molar-refractivity contribution in [3.63, 3.8) is 0 Å². The first kappa shape index (κ1) is 43.2. The van der Waals surface area contributed by atoms with E-state index in [-0.39, 0.29) is 28.5 Å². The minimum absolute atomic E-state index is 0. The quantitative estimate of drug-likeness (QED) is 0.0430. The Hall–Kier alpha value is 0.0600. The van der Waals surface area contributed by atoms with Crippen LogP contribution in [0.25, 0.3) is 0 Å². The Bertz CT molecular complexity index is 619. The molecule has 250 valence electrons. The molecule has 0 aliphatic heterocycles. The minimum atomic E-state index is -6.83. The summed E-state index contributed by atoms with van der Waals surface area (Å²) in [6, 6.07) is 0. The van der Waals surface area contributed by atoms with Gasteiger partial charge >= 0.3 is 23.9 Å². The molecule has 0 N–H and O–H groups in total. The first-order valence-electron chi connectivity index (χ1n) is 15.3. The molecular weight excluding hydrogens is 672 g/mol. The summed E-state index contributed by atoms with van der Waals surface area (Å²) >= 11 is 0. The second-order valence-electron chi connectivity index (χ2n) is 13.1. The lowest BCUT2D eigenvalue weighted by atomic mass is 9.98. The summed E-state index contributed by atoms with van der Waals surface area (Å²) in [4.78, 5) is 0. The molecule has 0 heterocycles. The highest BCUT2D eigenvalue weighted by molar-refractivity contribution is 5.00. The van der Waals surface area contributed by atoms with Crippen LogP contribution in [0.15, 0.2) is 0 Å². The van der Waals surface area contributed by atoms with Gasteiger partial charge in [-0.1, -0.05) is 80.1 Å². The molecule has 0 fully saturated rings. The van der Waals surface area contributed by atoms with E-state index in [1.165, 1.54) is 0 Å². The predicted octanol–water partition coefficient (Wildman–Crippen LogP) is 8.31. The summed E-state index contributed by atoms with van der Waals surface area (Å²) in [5, 5.41) is 0. The van der Waals surface area contributed by atoms with Crippen molar-refractivity contribution in [3.05, 3.63) is 0 Å². The zero-order chi connectivity index (χ0) is 31.3. The third-order valence-corrected chi connectivity index (χ3v) is 7.85. The average Bonchev–Trinajstić information content (AvgIpc) is 2.80. The highest BCUT2D eigenvalue weighted by Gasteiger charge is 2.81. The Morgan fingerprint density at radius 1 is 0.439 bits per heavy atom. The van der Waals surface area contributed by atoms with Gasteiger partial charge in [-0.2, -0.15) is 39.5 Å². The topological polar surface area (TPSA) is 0 Å². The summed E-state index contributed by atoms with van der Waals surface area (Å²) in [6.45, 7) is 13.2. The largest absolute Gasteiger partial charge is 1.00 e. The zero-order valence-corrected chi connectivity index (χ0v) is 28.1. The van der Waals surface area contributed by atoms with Gasteiger partial charge in [0, 0.05) is 0 Å². The van der Waals surface area contributed by atoms with Crippen molar-refractivity contribution >= 4 is 0 Å². The molecule has 0 saturated carbocycles. The number of alkyl halides is 9. The average molecular weight is 728 g/mol. The molecule has 0 saturated heterocycles. The van der Waals surface area contributed by atoms with Crippen LogP contribution >= 0.6 is 0 Å². The fourth-order valence-corrected chi connectivity index (χ4v) is 5.14. The molecule has 0 aliphatic carbocycles. The van der Waals surface area contributed by atoms with Gasteiger partial charge < -0.3 is 28.5 Å². The highest BCUT2D eigenvalue weighted by Crippen LogP contribution is 2.54. The third kappa shape index (κ3) is 15.6. The summed E-state index contributed by atoms with van der Waals surface area (Å²) in [7, 11) is 0. The highest BCUT2D eigenvalue weighted by atomic mass is 127. The maximum Gasteiger partial charge on any atom is 0.460 e. The van der Waals surface area contributed by atoms with Crippen LogP contribution in [0, 0.1) is 17.8 Å². The van der Waals surface area contributed by atoms with Gasteiger partial charge in [0.15, 0.2) is 0 Å². The Balaban J connectivity index is 0. The van der Waals surface area contributed by atoms with E-state index in [1.807, 2.05) is 0 Å². The number of rotatable bonds is 23. The summed E-state index contributed by atoms with van der Waals surface area (Å²) < 4.78 is 122. The van der Waals surface area contributed by atoms with Crippen LogP contribution in [0.1, 0.15) is 125 Å². The normalized spacial score (nSPS) is 13.9. The van der Waals surface area contributed by atoms with Crippen molar-refractivity contribution in [2.75, 3.05) is 26.2 Å². The molecule has 0 aromatic carbocycles. The van der Waals surface area contributed by atoms with Crippen LogP contribution in [-0.4, -0.2) is 54.6 Å². The van der Waals surface area contributed by atoms with Crippen LogP contribution in [0.4, 0.5) is 39.5 Å². The number of unbranched alkanes of at least 4 members (excludes halogenated alkanes) is 6. The van der Waals surface area contributed by atoms with Crippen LogP contribution in [0.2, 0.25) is 0 Å². The van der Waals surface area contributed by atoms with Crippen molar-refractivity contribution in [1.82, 2.24) is 0 Å². The molecule has 0 spiro atoms. The van der Waals surface area contributed by atoms with Crippen molar-refractivity contribution in [2.45, 2.75) is 149 Å². The molecule has 0 amide bonds. The van der Waals surface area contributed by atoms with Gasteiger partial charge in [-0.05, 0) is 56.3 Å². The summed E-state index contributed by atoms with van der Waals surface area (Å²) in [5.74, 6) is -17.4. The molecule has 0 radical (unpaired) electrons. The summed E-state index contributed by atoms with van der Waals surface area (Å²) in [5.41, 5.74) is 0. The molecule has 0 unspecified atom stereocenters. The summed E-state index contributed by atoms with van der Waals surface area (Å²) in [6.07, 6.45) is 1.65. The van der Waals surface area contributed by atoms with E-state index in [2.05, 4.69) is 41.5 Å². The lowest BCUT2D eigenvalue weighted by Crippen LogP contribution is -3.00. The number of hydrogen-bond donors (Lipinski definition) is 0. The molecule has 0 aliphatic rings. The van der Waals surface area contributed by atoms with E-state index in [9.17, 15) is 39.5 Å². The first-order valence-corrected chi connectivity index (χ1v) is 15.3. The number of quaternary nitrogens is 1. The van der Waals surface area contributed by atoms with Gasteiger partial charge in [-0.15, -0.1) is 0 Å². The second kappa shape index (κ2) is 19.4. The number of halogens is 10. The molecule has 0 rings (SSSR count). The van der Waals surface area contributed by atoms with E-state index in [0.717, 1.165) is 57.8 Å². The van der Waals surface area contributed by atoms with Crippen molar-refractivity contribution in [1.29, 1.82) is 0 Å². The van der Waals surface area contributed by atoms with E-state index in [1.54, 1.807) is 0 Å². The predicted molar refractivity (Wildman–Crippen MR) is 145 cm³/mol. The van der Waals surface area contributed by atoms with Gasteiger partial charge in [0.1, 0.15) is 0 Å². The van der Waals surface area contributed by atoms with Crippen LogP contribution < -0.4 is 24.0 Å². The molecule has 0 atom stereocenters. The molecule has 0 aromatic heterocycles. The molecule has 41 heavy (non-hydrogen) atoms. The third-order valence-electron chi connectivity index (χ3n) is 7.85.